The van der Waals surface area contributed by atoms with Gasteiger partial charge in [0.25, 0.3) is 0 Å². The molecular formula is C8H3N2O7. The molecule has 9 heteroatoms. The molecule has 17 heavy (non-hydrogen) atoms. The fourth-order valence-corrected chi connectivity index (χ4v) is 1.21. The number of benzene rings is 1. The highest BCUT2D eigenvalue weighted by atomic mass is 16.6. The van der Waals surface area contributed by atoms with E-state index >= 15 is 0 Å². The van der Waals surface area contributed by atoms with Gasteiger partial charge in [-0.1, -0.05) is 0 Å². The summed E-state index contributed by atoms with van der Waals surface area (Å²) in [5, 5.41) is 29.9. The van der Waals surface area contributed by atoms with Gasteiger partial charge in [-0.2, -0.15) is 0 Å². The number of nitrogens with zero attached hydrogens (tertiary/aromatic N) is 2. The van der Waals surface area contributed by atoms with Gasteiger partial charge in [0.2, 0.25) is 6.29 Å². The zero-order valence-electron chi connectivity index (χ0n) is 7.95. The molecule has 0 bridgehead atoms. The Balaban J connectivity index is 3.77. The third kappa shape index (κ3) is 2.07. The van der Waals surface area contributed by atoms with Crippen molar-refractivity contribution in [1.29, 1.82) is 0 Å². The summed E-state index contributed by atoms with van der Waals surface area (Å²) in [7, 11) is 0. The largest absolute Gasteiger partial charge is 0.477 e. The summed E-state index contributed by atoms with van der Waals surface area (Å²) in [5.41, 5.74) is -3.89. The Morgan fingerprint density at radius 1 is 1.24 bits per heavy atom. The summed E-state index contributed by atoms with van der Waals surface area (Å²) >= 11 is 0. The van der Waals surface area contributed by atoms with Crippen molar-refractivity contribution in [2.75, 3.05) is 0 Å². The SMILES string of the molecule is O=[C]c1ccc([N+](=O)[O-])c([N+](=O)[O-])c1C(=O)O. The number of carbonyl (C=O) groups is 1. The smallest absolute Gasteiger partial charge is 0.361 e. The lowest BCUT2D eigenvalue weighted by Crippen LogP contribution is -2.09. The van der Waals surface area contributed by atoms with Crippen LogP contribution in [0.15, 0.2) is 12.1 Å². The fourth-order valence-electron chi connectivity index (χ4n) is 1.21. The van der Waals surface area contributed by atoms with Crippen molar-refractivity contribution >= 4 is 23.6 Å². The van der Waals surface area contributed by atoms with E-state index in [0.29, 0.717) is 6.07 Å². The van der Waals surface area contributed by atoms with E-state index in [9.17, 15) is 29.8 Å². The number of carboxylic acids is 1. The number of hydrogen-bond acceptors (Lipinski definition) is 6. The molecule has 0 spiro atoms. The number of carbonyl (C=O) groups excluding carboxylic acids is 1. The lowest BCUT2D eigenvalue weighted by Gasteiger charge is -2.01. The second-order valence-electron chi connectivity index (χ2n) is 2.78. The van der Waals surface area contributed by atoms with Gasteiger partial charge in [0.05, 0.1) is 9.85 Å². The van der Waals surface area contributed by atoms with Crippen LogP contribution in [0.5, 0.6) is 0 Å². The summed E-state index contributed by atoms with van der Waals surface area (Å²) in [5.74, 6) is -1.81. The zero-order valence-corrected chi connectivity index (χ0v) is 7.95. The minimum absolute atomic E-state index is 0.616. The van der Waals surface area contributed by atoms with E-state index in [0.717, 1.165) is 6.07 Å². The third-order valence-electron chi connectivity index (χ3n) is 1.86. The van der Waals surface area contributed by atoms with Crippen molar-refractivity contribution in [3.63, 3.8) is 0 Å². The molecule has 1 aromatic rings. The number of aromatic carboxylic acids is 1. The van der Waals surface area contributed by atoms with E-state index in [-0.39, 0.29) is 0 Å². The monoisotopic (exact) mass is 239 g/mol. The van der Waals surface area contributed by atoms with Gasteiger partial charge >= 0.3 is 17.3 Å². The Morgan fingerprint density at radius 2 is 1.82 bits per heavy atom. The number of hydrogen-bond donors (Lipinski definition) is 1. The van der Waals surface area contributed by atoms with Crippen molar-refractivity contribution in [3.8, 4) is 0 Å². The zero-order chi connectivity index (χ0) is 13.2. The second-order valence-corrected chi connectivity index (χ2v) is 2.78. The van der Waals surface area contributed by atoms with Gasteiger partial charge in [-0.25, -0.2) is 4.79 Å². The van der Waals surface area contributed by atoms with E-state index in [4.69, 9.17) is 5.11 Å². The molecule has 1 rings (SSSR count). The van der Waals surface area contributed by atoms with Crippen LogP contribution in [0.3, 0.4) is 0 Å². The molecule has 0 amide bonds. The van der Waals surface area contributed by atoms with Crippen LogP contribution in [0.25, 0.3) is 0 Å². The molecule has 1 aromatic carbocycles. The Morgan fingerprint density at radius 3 is 2.18 bits per heavy atom. The number of nitro groups is 2. The summed E-state index contributed by atoms with van der Waals surface area (Å²) < 4.78 is 0. The van der Waals surface area contributed by atoms with Crippen molar-refractivity contribution < 1.29 is 24.5 Å². The molecule has 0 fully saturated rings. The standard InChI is InChI=1S/C8H3N2O7/c11-3-4-1-2-5(9(14)15)7(10(16)17)6(4)8(12)13/h1-2H,(H,12,13). The van der Waals surface area contributed by atoms with E-state index in [1.54, 1.807) is 0 Å². The maximum Gasteiger partial charge on any atom is 0.361 e. The lowest BCUT2D eigenvalue weighted by atomic mass is 10.1. The molecule has 87 valence electrons. The van der Waals surface area contributed by atoms with Crippen LogP contribution in [0.4, 0.5) is 11.4 Å². The molecule has 0 saturated heterocycles. The molecule has 1 radical (unpaired) electrons. The van der Waals surface area contributed by atoms with E-state index in [2.05, 4.69) is 0 Å². The molecule has 0 unspecified atom stereocenters. The third-order valence-corrected chi connectivity index (χ3v) is 1.86. The van der Waals surface area contributed by atoms with Crippen molar-refractivity contribution in [1.82, 2.24) is 0 Å². The normalized spacial score (nSPS) is 9.65. The first kappa shape index (κ1) is 12.2. The molecule has 0 saturated carbocycles. The summed E-state index contributed by atoms with van der Waals surface area (Å²) in [6.07, 6.45) is 1.18. The Labute approximate surface area is 92.6 Å². The Kier molecular flexibility index (Phi) is 3.13. The van der Waals surface area contributed by atoms with Crippen LogP contribution in [0, 0.1) is 20.2 Å². The molecule has 0 aliphatic rings. The molecule has 9 nitrogen and oxygen atoms in total. The maximum atomic E-state index is 10.8. The van der Waals surface area contributed by atoms with Crippen LogP contribution < -0.4 is 0 Å². The van der Waals surface area contributed by atoms with Crippen LogP contribution in [0.2, 0.25) is 0 Å². The van der Waals surface area contributed by atoms with E-state index in [1.165, 1.54) is 6.29 Å². The lowest BCUT2D eigenvalue weighted by molar-refractivity contribution is -0.422. The van der Waals surface area contributed by atoms with Gasteiger partial charge in [0.1, 0.15) is 0 Å². The minimum atomic E-state index is -1.81. The quantitative estimate of drug-likeness (QED) is 0.600. The first-order valence-electron chi connectivity index (χ1n) is 3.97. The van der Waals surface area contributed by atoms with Crippen LogP contribution in [-0.2, 0) is 4.79 Å². The van der Waals surface area contributed by atoms with Gasteiger partial charge < -0.3 is 5.11 Å². The predicted molar refractivity (Wildman–Crippen MR) is 51.5 cm³/mol. The highest BCUT2D eigenvalue weighted by Gasteiger charge is 2.34. The predicted octanol–water partition coefficient (Wildman–Crippen LogP) is 0.659. The minimum Gasteiger partial charge on any atom is -0.477 e. The summed E-state index contributed by atoms with van der Waals surface area (Å²) in [4.78, 5) is 40.0. The average molecular weight is 239 g/mol. The van der Waals surface area contributed by atoms with Crippen molar-refractivity contribution in [3.05, 3.63) is 43.5 Å². The highest BCUT2D eigenvalue weighted by Crippen LogP contribution is 2.32. The molecule has 0 aliphatic carbocycles. The van der Waals surface area contributed by atoms with E-state index < -0.39 is 38.3 Å². The number of rotatable bonds is 4. The van der Waals surface area contributed by atoms with Crippen LogP contribution in [-0.4, -0.2) is 27.2 Å². The summed E-state index contributed by atoms with van der Waals surface area (Å²) in [6, 6.07) is 1.48. The van der Waals surface area contributed by atoms with Gasteiger partial charge in [0.15, 0.2) is 5.56 Å². The average Bonchev–Trinajstić information content (AvgIpc) is 2.26. The molecule has 1 N–H and O–H groups in total. The fraction of sp³-hybridized carbons (Fsp3) is 0. The second kappa shape index (κ2) is 4.35. The first-order chi connectivity index (χ1) is 7.90. The molecule has 0 aliphatic heterocycles. The maximum absolute atomic E-state index is 10.8. The Hall–Kier alpha value is -2.84. The molecular weight excluding hydrogens is 236 g/mol. The summed E-state index contributed by atoms with van der Waals surface area (Å²) in [6.45, 7) is 0. The first-order valence-corrected chi connectivity index (χ1v) is 3.97. The van der Waals surface area contributed by atoms with Crippen molar-refractivity contribution in [2.24, 2.45) is 0 Å². The van der Waals surface area contributed by atoms with Gasteiger partial charge in [-0.3, -0.25) is 25.0 Å². The molecule has 0 aromatic heterocycles. The topological polar surface area (TPSA) is 141 Å². The van der Waals surface area contributed by atoms with Crippen LogP contribution in [0.1, 0.15) is 15.9 Å². The highest BCUT2D eigenvalue weighted by molar-refractivity contribution is 6.02. The van der Waals surface area contributed by atoms with Gasteiger partial charge in [0, 0.05) is 11.6 Å². The molecule has 0 heterocycles. The van der Waals surface area contributed by atoms with Gasteiger partial charge in [-0.05, 0) is 6.07 Å². The number of carboxylic acid groups (broad SMARTS) is 1. The van der Waals surface area contributed by atoms with Gasteiger partial charge in [-0.15, -0.1) is 0 Å². The number of nitro benzene ring substituents is 2. The Bertz CT molecular complexity index is 537. The van der Waals surface area contributed by atoms with Crippen molar-refractivity contribution in [2.45, 2.75) is 0 Å². The van der Waals surface area contributed by atoms with Crippen LogP contribution >= 0.6 is 0 Å². The molecule has 0 atom stereocenters. The van der Waals surface area contributed by atoms with E-state index in [1.807, 2.05) is 0 Å².